The zero-order chi connectivity index (χ0) is 40.3. The average Bonchev–Trinajstić information content (AvgIpc) is 3.32. The predicted octanol–water partition coefficient (Wildman–Crippen LogP) is 16.4. The van der Waals surface area contributed by atoms with Crippen LogP contribution in [0.1, 0.15) is 30.0 Å². The minimum Gasteiger partial charge on any atom is -0.317 e. The van der Waals surface area contributed by atoms with E-state index >= 15 is 0 Å². The first-order valence-electron chi connectivity index (χ1n) is 21.0. The van der Waals surface area contributed by atoms with E-state index < -0.39 is 0 Å². The van der Waals surface area contributed by atoms with Crippen LogP contribution in [0.3, 0.4) is 0 Å². The van der Waals surface area contributed by atoms with Crippen molar-refractivity contribution in [2.24, 2.45) is 0 Å². The summed E-state index contributed by atoms with van der Waals surface area (Å²) in [6.45, 7) is 2.09. The molecule has 0 spiro atoms. The van der Waals surface area contributed by atoms with Gasteiger partial charge in [0.1, 0.15) is 0 Å². The minimum absolute atomic E-state index is 1.08. The Morgan fingerprint density at radius 3 is 1.85 bits per heavy atom. The second kappa shape index (κ2) is 16.4. The molecule has 9 aromatic rings. The zero-order valence-corrected chi connectivity index (χ0v) is 33.8. The Kier molecular flexibility index (Phi) is 10.1. The van der Waals surface area contributed by atoms with Crippen LogP contribution in [0.4, 0.5) is 11.4 Å². The Bertz CT molecular complexity index is 3070. The third-order valence-electron chi connectivity index (χ3n) is 11.8. The van der Waals surface area contributed by atoms with Crippen LogP contribution in [0.2, 0.25) is 0 Å². The Hall–Kier alpha value is -7.48. The summed E-state index contributed by atoms with van der Waals surface area (Å²) in [5.41, 5.74) is 14.4. The maximum absolute atomic E-state index is 2.37. The fourth-order valence-corrected chi connectivity index (χ4v) is 8.74. The smallest absolute Gasteiger partial charge is 0.0467 e. The van der Waals surface area contributed by atoms with Gasteiger partial charge in [0.05, 0.1) is 0 Å². The molecule has 0 N–H and O–H groups in total. The Balaban J connectivity index is 1.08. The quantitative estimate of drug-likeness (QED) is 0.104. The molecule has 0 bridgehead atoms. The molecule has 0 atom stereocenters. The van der Waals surface area contributed by atoms with E-state index in [0.717, 1.165) is 29.8 Å². The van der Waals surface area contributed by atoms with Crippen LogP contribution in [-0.4, -0.2) is 0 Å². The molecule has 0 saturated carbocycles. The average molecular weight is 768 g/mol. The van der Waals surface area contributed by atoms with Crippen molar-refractivity contribution >= 4 is 55.3 Å². The van der Waals surface area contributed by atoms with Gasteiger partial charge in [-0.25, -0.2) is 0 Å². The van der Waals surface area contributed by atoms with E-state index in [-0.39, 0.29) is 0 Å². The van der Waals surface area contributed by atoms with Gasteiger partial charge >= 0.3 is 0 Å². The molecule has 1 nitrogen and oxygen atoms in total. The van der Waals surface area contributed by atoms with E-state index in [1.54, 1.807) is 0 Å². The fraction of sp³-hybridized carbons (Fsp3) is 0.0508. The SMILES string of the molecule is C\C=C/C(=C\C=C\N(c1ccc(-c2ccc3ccc4ccccc4c3c2)cc1)c1cc(-c2ccccc2)cc(-c2ccccc2)c1)c1ccc2ccc3c(c2c1)C=CCC3. The molecule has 286 valence electrons. The lowest BCUT2D eigenvalue weighted by Gasteiger charge is -2.23. The highest BCUT2D eigenvalue weighted by Gasteiger charge is 2.14. The van der Waals surface area contributed by atoms with Crippen molar-refractivity contribution in [3.05, 3.63) is 241 Å². The van der Waals surface area contributed by atoms with Gasteiger partial charge in [0.2, 0.25) is 0 Å². The van der Waals surface area contributed by atoms with Crippen LogP contribution in [0.25, 0.3) is 77.3 Å². The lowest BCUT2D eigenvalue weighted by molar-refractivity contribution is 0.990. The summed E-state index contributed by atoms with van der Waals surface area (Å²) < 4.78 is 0. The van der Waals surface area contributed by atoms with Gasteiger partial charge in [-0.2, -0.15) is 0 Å². The molecule has 1 heteroatoms. The third-order valence-corrected chi connectivity index (χ3v) is 11.8. The van der Waals surface area contributed by atoms with Crippen LogP contribution < -0.4 is 4.90 Å². The van der Waals surface area contributed by atoms with Crippen LogP contribution in [0, 0.1) is 0 Å². The largest absolute Gasteiger partial charge is 0.317 e. The molecule has 1 aliphatic carbocycles. The summed E-state index contributed by atoms with van der Waals surface area (Å²) >= 11 is 0. The van der Waals surface area contributed by atoms with Crippen molar-refractivity contribution in [1.82, 2.24) is 0 Å². The Morgan fingerprint density at radius 1 is 0.483 bits per heavy atom. The summed E-state index contributed by atoms with van der Waals surface area (Å²) in [5.74, 6) is 0. The number of allylic oxidation sites excluding steroid dienone is 6. The second-order valence-electron chi connectivity index (χ2n) is 15.6. The van der Waals surface area contributed by atoms with Crippen molar-refractivity contribution in [3.8, 4) is 33.4 Å². The van der Waals surface area contributed by atoms with Gasteiger partial charge in [-0.1, -0.05) is 176 Å². The lowest BCUT2D eigenvalue weighted by Crippen LogP contribution is -2.09. The van der Waals surface area contributed by atoms with Gasteiger partial charge in [0, 0.05) is 17.6 Å². The zero-order valence-electron chi connectivity index (χ0n) is 33.8. The molecule has 1 aliphatic rings. The summed E-state index contributed by atoms with van der Waals surface area (Å²) in [5, 5.41) is 7.66. The number of hydrogen-bond acceptors (Lipinski definition) is 1. The second-order valence-corrected chi connectivity index (χ2v) is 15.6. The molecule has 10 rings (SSSR count). The van der Waals surface area contributed by atoms with Gasteiger partial charge in [-0.05, 0) is 156 Å². The molecule has 60 heavy (non-hydrogen) atoms. The van der Waals surface area contributed by atoms with Crippen molar-refractivity contribution in [2.45, 2.75) is 19.8 Å². The molecular formula is C59H45N. The van der Waals surface area contributed by atoms with Crippen molar-refractivity contribution < 1.29 is 0 Å². The van der Waals surface area contributed by atoms with Gasteiger partial charge in [0.25, 0.3) is 0 Å². The van der Waals surface area contributed by atoms with Gasteiger partial charge < -0.3 is 4.90 Å². The molecule has 0 aliphatic heterocycles. The van der Waals surface area contributed by atoms with Crippen LogP contribution >= 0.6 is 0 Å². The number of aryl methyl sites for hydroxylation is 1. The Morgan fingerprint density at radius 2 is 1.10 bits per heavy atom. The molecule has 0 saturated heterocycles. The van der Waals surface area contributed by atoms with Crippen molar-refractivity contribution in [3.63, 3.8) is 0 Å². The highest BCUT2D eigenvalue weighted by Crippen LogP contribution is 2.38. The van der Waals surface area contributed by atoms with Crippen LogP contribution in [-0.2, 0) is 6.42 Å². The molecule has 0 heterocycles. The molecular weight excluding hydrogens is 723 g/mol. The van der Waals surface area contributed by atoms with Gasteiger partial charge in [-0.15, -0.1) is 0 Å². The minimum atomic E-state index is 1.08. The standard InChI is InChI=1S/C59H45N/c1-2-14-42(50-30-28-48-26-24-46-19-9-11-22-56(46)58(48)40-50)21-13-36-60(55-38-52(43-15-5-3-6-16-43)37-53(39-55)44-17-7-4-8-18-44)54-34-32-45(33-35-54)51-31-29-49-27-25-47-20-10-12-23-57(47)59(49)41-51/h2-8,10-18,20-41H,9,19H2,1H3/b14-2-,36-13+,42-21+. The summed E-state index contributed by atoms with van der Waals surface area (Å²) in [6.07, 6.45) is 17.8. The number of rotatable bonds is 9. The van der Waals surface area contributed by atoms with Crippen molar-refractivity contribution in [2.75, 3.05) is 4.90 Å². The Labute approximate surface area is 353 Å². The van der Waals surface area contributed by atoms with E-state index in [4.69, 9.17) is 0 Å². The molecule has 0 fully saturated rings. The highest BCUT2D eigenvalue weighted by atomic mass is 15.1. The van der Waals surface area contributed by atoms with E-state index in [0.29, 0.717) is 0 Å². The van der Waals surface area contributed by atoms with Crippen LogP contribution in [0.15, 0.2) is 225 Å². The lowest BCUT2D eigenvalue weighted by atomic mass is 9.90. The first kappa shape index (κ1) is 36.8. The van der Waals surface area contributed by atoms with Crippen LogP contribution in [0.5, 0.6) is 0 Å². The number of hydrogen-bond donors (Lipinski definition) is 0. The number of benzene rings is 9. The van der Waals surface area contributed by atoms with Crippen molar-refractivity contribution in [1.29, 1.82) is 0 Å². The van der Waals surface area contributed by atoms with Gasteiger partial charge in [-0.3, -0.25) is 0 Å². The molecule has 0 unspecified atom stereocenters. The molecule has 0 aromatic heterocycles. The predicted molar refractivity (Wildman–Crippen MR) is 260 cm³/mol. The first-order valence-corrected chi connectivity index (χ1v) is 21.0. The topological polar surface area (TPSA) is 3.24 Å². The summed E-state index contributed by atoms with van der Waals surface area (Å²) in [7, 11) is 0. The summed E-state index contributed by atoms with van der Waals surface area (Å²) in [4.78, 5) is 2.32. The first-order chi connectivity index (χ1) is 29.7. The number of anilines is 2. The number of nitrogens with zero attached hydrogens (tertiary/aromatic N) is 1. The summed E-state index contributed by atoms with van der Waals surface area (Å²) in [6, 6.07) is 68.7. The number of fused-ring (bicyclic) bond motifs is 6. The molecule has 0 amide bonds. The monoisotopic (exact) mass is 767 g/mol. The van der Waals surface area contributed by atoms with E-state index in [9.17, 15) is 0 Å². The molecule has 9 aromatic carbocycles. The fourth-order valence-electron chi connectivity index (χ4n) is 8.74. The van der Waals surface area contributed by atoms with E-state index in [2.05, 4.69) is 243 Å². The highest BCUT2D eigenvalue weighted by molar-refractivity contribution is 6.08. The molecule has 0 radical (unpaired) electrons. The van der Waals surface area contributed by atoms with E-state index in [1.165, 1.54) is 82.4 Å². The van der Waals surface area contributed by atoms with Gasteiger partial charge in [0.15, 0.2) is 0 Å². The normalized spacial score (nSPS) is 12.8. The maximum atomic E-state index is 2.37. The maximum Gasteiger partial charge on any atom is 0.0467 e. The van der Waals surface area contributed by atoms with E-state index in [1.807, 2.05) is 0 Å². The third kappa shape index (κ3) is 7.39.